The van der Waals surface area contributed by atoms with Crippen molar-refractivity contribution in [1.29, 1.82) is 0 Å². The smallest absolute Gasteiger partial charge is 0.246 e. The van der Waals surface area contributed by atoms with Crippen LogP contribution in [0.1, 0.15) is 5.56 Å². The zero-order valence-electron chi connectivity index (χ0n) is 14.5. The third-order valence-electron chi connectivity index (χ3n) is 3.81. The maximum atomic E-state index is 12.4. The molecule has 130 valence electrons. The van der Waals surface area contributed by atoms with Gasteiger partial charge in [0.2, 0.25) is 11.7 Å². The van der Waals surface area contributed by atoms with Gasteiger partial charge in [0, 0.05) is 44.3 Å². The number of rotatable bonds is 6. The number of carbonyl (C=O) groups excluding carboxylic acids is 1. The fourth-order valence-electron chi connectivity index (χ4n) is 2.32. The second-order valence-electron chi connectivity index (χ2n) is 5.97. The quantitative estimate of drug-likeness (QED) is 0.677. The summed E-state index contributed by atoms with van der Waals surface area (Å²) in [6, 6.07) is 10.1. The zero-order valence-corrected chi connectivity index (χ0v) is 15.3. The van der Waals surface area contributed by atoms with Crippen LogP contribution >= 0.6 is 11.3 Å². The molecule has 1 aromatic carbocycles. The Morgan fingerprint density at radius 2 is 1.92 bits per heavy atom. The first-order valence-electron chi connectivity index (χ1n) is 7.83. The molecular weight excluding hydrogens is 336 g/mol. The highest BCUT2D eigenvalue weighted by atomic mass is 32.1. The van der Waals surface area contributed by atoms with Crippen LogP contribution in [-0.2, 0) is 17.9 Å². The third-order valence-corrected chi connectivity index (χ3v) is 4.49. The lowest BCUT2D eigenvalue weighted by Gasteiger charge is -2.18. The zero-order chi connectivity index (χ0) is 17.8. The maximum absolute atomic E-state index is 12.4. The molecule has 0 saturated heterocycles. The molecule has 2 heterocycles. The molecule has 0 aliphatic heterocycles. The van der Waals surface area contributed by atoms with E-state index in [-0.39, 0.29) is 12.5 Å². The van der Waals surface area contributed by atoms with Crippen molar-refractivity contribution in [3.63, 3.8) is 0 Å². The summed E-state index contributed by atoms with van der Waals surface area (Å²) >= 11 is 1.57. The second-order valence-corrected chi connectivity index (χ2v) is 6.75. The van der Waals surface area contributed by atoms with Crippen LogP contribution in [-0.4, -0.2) is 52.2 Å². The fourth-order valence-corrected chi connectivity index (χ4v) is 2.96. The summed E-state index contributed by atoms with van der Waals surface area (Å²) in [4.78, 5) is 17.4. The molecule has 3 rings (SSSR count). The Kier molecular flexibility index (Phi) is 5.08. The van der Waals surface area contributed by atoms with Crippen LogP contribution < -0.4 is 4.90 Å². The van der Waals surface area contributed by atoms with Gasteiger partial charge >= 0.3 is 0 Å². The molecule has 0 unspecified atom stereocenters. The van der Waals surface area contributed by atoms with Gasteiger partial charge in [-0.25, -0.2) is 0 Å². The Balaban J connectivity index is 1.59. The number of carbonyl (C=O) groups is 1. The SMILES string of the molecule is CN(Cc1ccc(N(C)C)cc1)C(=O)Cn1nnc(-c2ccsc2)n1. The van der Waals surface area contributed by atoms with Gasteiger partial charge in [-0.1, -0.05) is 12.1 Å². The highest BCUT2D eigenvalue weighted by molar-refractivity contribution is 7.08. The van der Waals surface area contributed by atoms with E-state index in [9.17, 15) is 4.79 Å². The number of likely N-dealkylation sites (N-methyl/N-ethyl adjacent to an activating group) is 1. The Labute approximate surface area is 150 Å². The minimum atomic E-state index is -0.0639. The van der Waals surface area contributed by atoms with Gasteiger partial charge < -0.3 is 9.80 Å². The normalized spacial score (nSPS) is 10.7. The molecule has 0 spiro atoms. The number of hydrogen-bond acceptors (Lipinski definition) is 6. The van der Waals surface area contributed by atoms with Crippen LogP contribution in [0, 0.1) is 0 Å². The van der Waals surface area contributed by atoms with Crippen molar-refractivity contribution in [2.45, 2.75) is 13.1 Å². The number of anilines is 1. The molecule has 2 aromatic heterocycles. The summed E-state index contributed by atoms with van der Waals surface area (Å²) in [6.07, 6.45) is 0. The van der Waals surface area contributed by atoms with Crippen LogP contribution in [0.25, 0.3) is 11.4 Å². The third kappa shape index (κ3) is 4.21. The van der Waals surface area contributed by atoms with Gasteiger partial charge in [0.15, 0.2) is 0 Å². The Hall–Kier alpha value is -2.74. The highest BCUT2D eigenvalue weighted by Gasteiger charge is 2.13. The second kappa shape index (κ2) is 7.43. The highest BCUT2D eigenvalue weighted by Crippen LogP contribution is 2.17. The maximum Gasteiger partial charge on any atom is 0.246 e. The monoisotopic (exact) mass is 356 g/mol. The molecule has 7 nitrogen and oxygen atoms in total. The first-order valence-corrected chi connectivity index (χ1v) is 8.78. The van der Waals surface area contributed by atoms with Crippen molar-refractivity contribution in [3.05, 3.63) is 46.7 Å². The van der Waals surface area contributed by atoms with Crippen molar-refractivity contribution in [3.8, 4) is 11.4 Å². The van der Waals surface area contributed by atoms with Gasteiger partial charge in [-0.2, -0.15) is 16.1 Å². The number of hydrogen-bond donors (Lipinski definition) is 0. The van der Waals surface area contributed by atoms with E-state index in [0.717, 1.165) is 16.8 Å². The molecule has 8 heteroatoms. The average molecular weight is 356 g/mol. The predicted molar refractivity (Wildman–Crippen MR) is 98.4 cm³/mol. The Morgan fingerprint density at radius 3 is 2.56 bits per heavy atom. The molecule has 25 heavy (non-hydrogen) atoms. The lowest BCUT2D eigenvalue weighted by molar-refractivity contribution is -0.131. The van der Waals surface area contributed by atoms with Crippen LogP contribution in [0.15, 0.2) is 41.1 Å². The van der Waals surface area contributed by atoms with Crippen molar-refractivity contribution >= 4 is 22.9 Å². The number of aromatic nitrogens is 4. The van der Waals surface area contributed by atoms with E-state index in [2.05, 4.69) is 15.4 Å². The summed E-state index contributed by atoms with van der Waals surface area (Å²) in [7, 11) is 5.78. The lowest BCUT2D eigenvalue weighted by Crippen LogP contribution is -2.30. The van der Waals surface area contributed by atoms with E-state index in [1.165, 1.54) is 4.80 Å². The van der Waals surface area contributed by atoms with Crippen LogP contribution in [0.4, 0.5) is 5.69 Å². The van der Waals surface area contributed by atoms with Gasteiger partial charge in [-0.15, -0.1) is 10.2 Å². The summed E-state index contributed by atoms with van der Waals surface area (Å²) in [5.41, 5.74) is 3.12. The molecule has 0 fully saturated rings. The molecule has 0 radical (unpaired) electrons. The van der Waals surface area contributed by atoms with Crippen molar-refractivity contribution in [1.82, 2.24) is 25.1 Å². The van der Waals surface area contributed by atoms with E-state index in [4.69, 9.17) is 0 Å². The number of thiophene rings is 1. The fraction of sp³-hybridized carbons (Fsp3) is 0.294. The van der Waals surface area contributed by atoms with E-state index >= 15 is 0 Å². The topological polar surface area (TPSA) is 67.2 Å². The van der Waals surface area contributed by atoms with Crippen molar-refractivity contribution in [2.75, 3.05) is 26.0 Å². The number of amides is 1. The number of tetrazole rings is 1. The molecule has 0 atom stereocenters. The summed E-state index contributed by atoms with van der Waals surface area (Å²) < 4.78 is 0. The van der Waals surface area contributed by atoms with E-state index in [1.54, 1.807) is 23.3 Å². The standard InChI is InChI=1S/C17H20N6OS/c1-21(2)15-6-4-13(5-7-15)10-22(3)16(24)11-23-19-17(18-20-23)14-8-9-25-12-14/h4-9,12H,10-11H2,1-3H3. The van der Waals surface area contributed by atoms with Gasteiger partial charge in [-0.05, 0) is 34.4 Å². The molecule has 0 bridgehead atoms. The van der Waals surface area contributed by atoms with Gasteiger partial charge in [0.05, 0.1) is 0 Å². The summed E-state index contributed by atoms with van der Waals surface area (Å²) in [6.45, 7) is 0.613. The minimum absolute atomic E-state index is 0.0639. The average Bonchev–Trinajstić information content (AvgIpc) is 3.26. The molecule has 0 N–H and O–H groups in total. The predicted octanol–water partition coefficient (Wildman–Crippen LogP) is 2.13. The molecule has 1 amide bonds. The minimum Gasteiger partial charge on any atom is -0.378 e. The largest absolute Gasteiger partial charge is 0.378 e. The van der Waals surface area contributed by atoms with Crippen LogP contribution in [0.5, 0.6) is 0 Å². The molecule has 0 saturated carbocycles. The van der Waals surface area contributed by atoms with E-state index in [1.807, 2.05) is 60.1 Å². The van der Waals surface area contributed by atoms with Gasteiger partial charge in [-0.3, -0.25) is 4.79 Å². The summed E-state index contributed by atoms with van der Waals surface area (Å²) in [5, 5.41) is 16.1. The Morgan fingerprint density at radius 1 is 1.16 bits per heavy atom. The van der Waals surface area contributed by atoms with E-state index < -0.39 is 0 Å². The van der Waals surface area contributed by atoms with E-state index in [0.29, 0.717) is 12.4 Å². The first kappa shape index (κ1) is 17.1. The molecule has 0 aliphatic rings. The first-order chi connectivity index (χ1) is 12.0. The Bertz CT molecular complexity index is 825. The number of benzene rings is 1. The van der Waals surface area contributed by atoms with Crippen LogP contribution in [0.3, 0.4) is 0 Å². The van der Waals surface area contributed by atoms with Gasteiger partial charge in [0.1, 0.15) is 6.54 Å². The van der Waals surface area contributed by atoms with Crippen LogP contribution in [0.2, 0.25) is 0 Å². The van der Waals surface area contributed by atoms with Crippen molar-refractivity contribution < 1.29 is 4.79 Å². The summed E-state index contributed by atoms with van der Waals surface area (Å²) in [5.74, 6) is 0.474. The molecule has 3 aromatic rings. The van der Waals surface area contributed by atoms with Gasteiger partial charge in [0.25, 0.3) is 0 Å². The van der Waals surface area contributed by atoms with Crippen molar-refractivity contribution in [2.24, 2.45) is 0 Å². The molecular formula is C17H20N6OS. The molecule has 0 aliphatic carbocycles. The number of nitrogens with zero attached hydrogens (tertiary/aromatic N) is 6. The lowest BCUT2D eigenvalue weighted by atomic mass is 10.2.